The number of hydrogen-bond donors (Lipinski definition) is 0. The van der Waals surface area contributed by atoms with E-state index in [4.69, 9.17) is 9.72 Å². The van der Waals surface area contributed by atoms with Crippen molar-refractivity contribution in [3.8, 4) is 11.4 Å². The van der Waals surface area contributed by atoms with Gasteiger partial charge >= 0.3 is 0 Å². The fourth-order valence-corrected chi connectivity index (χ4v) is 2.68. The number of morpholine rings is 1. The molecule has 5 heteroatoms. The summed E-state index contributed by atoms with van der Waals surface area (Å²) in [5, 5.41) is 0. The van der Waals surface area contributed by atoms with Crippen LogP contribution in [0.25, 0.3) is 11.4 Å². The summed E-state index contributed by atoms with van der Waals surface area (Å²) in [5.41, 5.74) is 1.80. The second-order valence-corrected chi connectivity index (χ2v) is 6.01. The van der Waals surface area contributed by atoms with Crippen LogP contribution >= 0.6 is 0 Å². The average molecular weight is 298 g/mol. The highest BCUT2D eigenvalue weighted by atomic mass is 16.5. The Labute approximate surface area is 131 Å². The van der Waals surface area contributed by atoms with E-state index in [1.807, 2.05) is 25.1 Å². The molecule has 1 atom stereocenters. The van der Waals surface area contributed by atoms with E-state index >= 15 is 0 Å². The summed E-state index contributed by atoms with van der Waals surface area (Å²) in [6.45, 7) is 8.77. The average Bonchev–Trinajstić information content (AvgIpc) is 2.55. The highest BCUT2D eigenvalue weighted by molar-refractivity contribution is 5.56. The minimum Gasteiger partial charge on any atom is -0.372 e. The molecule has 3 rings (SSSR count). The molecule has 0 radical (unpaired) electrons. The van der Waals surface area contributed by atoms with E-state index in [1.165, 1.54) is 0 Å². The van der Waals surface area contributed by atoms with Crippen molar-refractivity contribution >= 4 is 5.82 Å². The molecule has 1 fully saturated rings. The molecule has 0 amide bonds. The highest BCUT2D eigenvalue weighted by Gasteiger charge is 2.31. The SMILES string of the molecule is CCC1(C)CN(c2cc(C)nc(-c3cccnc3)n2)CCO1. The Morgan fingerprint density at radius 3 is 2.95 bits per heavy atom. The van der Waals surface area contributed by atoms with E-state index in [9.17, 15) is 0 Å². The number of pyridine rings is 1. The second kappa shape index (κ2) is 6.01. The van der Waals surface area contributed by atoms with Gasteiger partial charge in [0.2, 0.25) is 0 Å². The first-order valence-electron chi connectivity index (χ1n) is 7.75. The molecular formula is C17H22N4O. The topological polar surface area (TPSA) is 51.1 Å². The van der Waals surface area contributed by atoms with Crippen molar-refractivity contribution in [1.82, 2.24) is 15.0 Å². The van der Waals surface area contributed by atoms with Crippen molar-refractivity contribution in [2.24, 2.45) is 0 Å². The van der Waals surface area contributed by atoms with Crippen molar-refractivity contribution in [2.75, 3.05) is 24.6 Å². The maximum atomic E-state index is 5.92. The first-order chi connectivity index (χ1) is 10.6. The van der Waals surface area contributed by atoms with Gasteiger partial charge in [0.1, 0.15) is 5.82 Å². The zero-order valence-corrected chi connectivity index (χ0v) is 13.4. The lowest BCUT2D eigenvalue weighted by atomic mass is 10.0. The predicted octanol–water partition coefficient (Wildman–Crippen LogP) is 2.85. The van der Waals surface area contributed by atoms with E-state index in [0.717, 1.165) is 49.0 Å². The van der Waals surface area contributed by atoms with Crippen LogP contribution in [0.3, 0.4) is 0 Å². The zero-order valence-electron chi connectivity index (χ0n) is 13.4. The van der Waals surface area contributed by atoms with Gasteiger partial charge in [0, 0.05) is 42.8 Å². The quantitative estimate of drug-likeness (QED) is 0.872. The Morgan fingerprint density at radius 1 is 1.36 bits per heavy atom. The summed E-state index contributed by atoms with van der Waals surface area (Å²) >= 11 is 0. The molecule has 5 nitrogen and oxygen atoms in total. The van der Waals surface area contributed by atoms with Crippen molar-refractivity contribution in [1.29, 1.82) is 0 Å². The largest absolute Gasteiger partial charge is 0.372 e. The standard InChI is InChI=1S/C17H22N4O/c1-4-17(3)12-21(8-9-22-17)15-10-13(2)19-16(20-15)14-6-5-7-18-11-14/h5-7,10-11H,4,8-9,12H2,1-3H3. The third kappa shape index (κ3) is 3.09. The normalized spacial score (nSPS) is 21.9. The molecule has 0 aromatic carbocycles. The Hall–Kier alpha value is -2.01. The molecule has 0 spiro atoms. The molecule has 3 heterocycles. The van der Waals surface area contributed by atoms with Gasteiger partial charge in [-0.3, -0.25) is 4.98 Å². The third-order valence-corrected chi connectivity index (χ3v) is 4.17. The first kappa shape index (κ1) is 14.9. The Bertz CT molecular complexity index is 646. The van der Waals surface area contributed by atoms with Gasteiger partial charge < -0.3 is 9.64 Å². The van der Waals surface area contributed by atoms with E-state index in [2.05, 4.69) is 28.7 Å². The number of ether oxygens (including phenoxy) is 1. The van der Waals surface area contributed by atoms with Gasteiger partial charge in [-0.15, -0.1) is 0 Å². The van der Waals surface area contributed by atoms with Crippen LogP contribution < -0.4 is 4.90 Å². The van der Waals surface area contributed by atoms with Crippen LogP contribution in [0.4, 0.5) is 5.82 Å². The molecular weight excluding hydrogens is 276 g/mol. The van der Waals surface area contributed by atoms with E-state index in [0.29, 0.717) is 0 Å². The minimum atomic E-state index is -0.106. The van der Waals surface area contributed by atoms with Gasteiger partial charge in [-0.2, -0.15) is 0 Å². The van der Waals surface area contributed by atoms with Gasteiger partial charge in [0.25, 0.3) is 0 Å². The van der Waals surface area contributed by atoms with Crippen molar-refractivity contribution in [3.05, 3.63) is 36.3 Å². The predicted molar refractivity (Wildman–Crippen MR) is 86.9 cm³/mol. The lowest BCUT2D eigenvalue weighted by Crippen LogP contribution is -2.50. The Balaban J connectivity index is 1.93. The molecule has 22 heavy (non-hydrogen) atoms. The summed E-state index contributed by atoms with van der Waals surface area (Å²) in [6.07, 6.45) is 4.55. The van der Waals surface area contributed by atoms with Crippen LogP contribution in [-0.4, -0.2) is 40.2 Å². The van der Waals surface area contributed by atoms with Crippen LogP contribution in [0.1, 0.15) is 26.0 Å². The van der Waals surface area contributed by atoms with E-state index in [-0.39, 0.29) is 5.60 Å². The fourth-order valence-electron chi connectivity index (χ4n) is 2.68. The smallest absolute Gasteiger partial charge is 0.163 e. The van der Waals surface area contributed by atoms with Crippen molar-refractivity contribution in [2.45, 2.75) is 32.8 Å². The third-order valence-electron chi connectivity index (χ3n) is 4.17. The highest BCUT2D eigenvalue weighted by Crippen LogP contribution is 2.26. The summed E-state index contributed by atoms with van der Waals surface area (Å²) in [4.78, 5) is 15.7. The summed E-state index contributed by atoms with van der Waals surface area (Å²) in [7, 11) is 0. The Morgan fingerprint density at radius 2 is 2.23 bits per heavy atom. The number of nitrogens with zero attached hydrogens (tertiary/aromatic N) is 4. The molecule has 0 saturated carbocycles. The Kier molecular flexibility index (Phi) is 4.07. The van der Waals surface area contributed by atoms with Gasteiger partial charge in [0.15, 0.2) is 5.82 Å². The number of aromatic nitrogens is 3. The fraction of sp³-hybridized carbons (Fsp3) is 0.471. The number of hydrogen-bond acceptors (Lipinski definition) is 5. The van der Waals surface area contributed by atoms with Gasteiger partial charge in [-0.1, -0.05) is 6.92 Å². The second-order valence-electron chi connectivity index (χ2n) is 6.01. The van der Waals surface area contributed by atoms with Crippen LogP contribution in [0.15, 0.2) is 30.6 Å². The maximum absolute atomic E-state index is 5.92. The summed E-state index contributed by atoms with van der Waals surface area (Å²) in [6, 6.07) is 5.94. The lowest BCUT2D eigenvalue weighted by Gasteiger charge is -2.40. The van der Waals surface area contributed by atoms with Crippen LogP contribution in [0.5, 0.6) is 0 Å². The number of rotatable bonds is 3. The van der Waals surface area contributed by atoms with Crippen LogP contribution in [-0.2, 0) is 4.74 Å². The zero-order chi connectivity index (χ0) is 15.6. The van der Waals surface area contributed by atoms with Crippen LogP contribution in [0, 0.1) is 6.92 Å². The number of aryl methyl sites for hydroxylation is 1. The summed E-state index contributed by atoms with van der Waals surface area (Å²) < 4.78 is 5.92. The molecule has 1 aliphatic heterocycles. The molecule has 116 valence electrons. The van der Waals surface area contributed by atoms with E-state index < -0.39 is 0 Å². The maximum Gasteiger partial charge on any atom is 0.163 e. The molecule has 2 aromatic rings. The summed E-state index contributed by atoms with van der Waals surface area (Å²) in [5.74, 6) is 1.70. The minimum absolute atomic E-state index is 0.106. The van der Waals surface area contributed by atoms with Gasteiger partial charge in [-0.05, 0) is 32.4 Å². The monoisotopic (exact) mass is 298 g/mol. The van der Waals surface area contributed by atoms with Gasteiger partial charge in [-0.25, -0.2) is 9.97 Å². The van der Waals surface area contributed by atoms with Crippen molar-refractivity contribution < 1.29 is 4.74 Å². The molecule has 1 aliphatic rings. The molecule has 2 aromatic heterocycles. The molecule has 1 saturated heterocycles. The molecule has 0 N–H and O–H groups in total. The number of anilines is 1. The van der Waals surface area contributed by atoms with Crippen molar-refractivity contribution in [3.63, 3.8) is 0 Å². The van der Waals surface area contributed by atoms with Gasteiger partial charge in [0.05, 0.1) is 12.2 Å². The van der Waals surface area contributed by atoms with Crippen LogP contribution in [0.2, 0.25) is 0 Å². The molecule has 0 bridgehead atoms. The van der Waals surface area contributed by atoms with E-state index in [1.54, 1.807) is 12.4 Å². The molecule has 1 unspecified atom stereocenters. The molecule has 0 aliphatic carbocycles. The first-order valence-corrected chi connectivity index (χ1v) is 7.75. The lowest BCUT2D eigenvalue weighted by molar-refractivity contribution is -0.0443.